The summed E-state index contributed by atoms with van der Waals surface area (Å²) in [5.74, 6) is -1.71. The van der Waals surface area contributed by atoms with Gasteiger partial charge in [0.1, 0.15) is 0 Å². The first-order chi connectivity index (χ1) is 6.56. The molecule has 74 valence electrons. The van der Waals surface area contributed by atoms with Crippen LogP contribution in [-0.4, -0.2) is 23.2 Å². The summed E-state index contributed by atoms with van der Waals surface area (Å²) in [5.41, 5.74) is -0.590. The summed E-state index contributed by atoms with van der Waals surface area (Å²) >= 11 is 0. The van der Waals surface area contributed by atoms with E-state index in [9.17, 15) is 14.1 Å². The molecule has 1 aromatic carbocycles. The number of benzene rings is 1. The summed E-state index contributed by atoms with van der Waals surface area (Å²) in [6.45, 7) is 0. The van der Waals surface area contributed by atoms with Gasteiger partial charge in [-0.05, 0) is 12.1 Å². The Morgan fingerprint density at radius 1 is 1.57 bits per heavy atom. The van der Waals surface area contributed by atoms with E-state index < -0.39 is 22.4 Å². The Labute approximate surface area is 78.3 Å². The largest absolute Gasteiger partial charge is 0.465 e. The van der Waals surface area contributed by atoms with Crippen LogP contribution in [0.15, 0.2) is 18.2 Å². The first kappa shape index (κ1) is 10.1. The van der Waals surface area contributed by atoms with Crippen LogP contribution in [0.25, 0.3) is 0 Å². The molecule has 1 aromatic rings. The molecule has 0 aliphatic carbocycles. The van der Waals surface area contributed by atoms with Crippen LogP contribution in [0.1, 0.15) is 10.4 Å². The van der Waals surface area contributed by atoms with Crippen molar-refractivity contribution in [3.8, 4) is 0 Å². The number of methoxy groups -OCH3 is 1. The number of hydrogen-bond acceptors (Lipinski definition) is 3. The number of ether oxygens (including phenoxy) is 1. The molecule has 1 N–H and O–H groups in total. The molecule has 0 aliphatic heterocycles. The molecule has 0 saturated carbocycles. The quantitative estimate of drug-likeness (QED) is 0.579. The summed E-state index contributed by atoms with van der Waals surface area (Å²) in [6, 6.07) is 2.96. The zero-order chi connectivity index (χ0) is 10.7. The molecule has 0 aromatic heterocycles. The topological polar surface area (TPSA) is 66.6 Å². The smallest absolute Gasteiger partial charge is 0.351 e. The molecule has 0 saturated heterocycles. The molecular weight excluding hydrogens is 193 g/mol. The minimum atomic E-state index is -0.995. The lowest BCUT2D eigenvalue weighted by Crippen LogP contribution is -2.03. The van der Waals surface area contributed by atoms with Crippen molar-refractivity contribution < 1.29 is 24.1 Å². The maximum atomic E-state index is 13.0. The van der Waals surface area contributed by atoms with Gasteiger partial charge in [-0.15, -0.1) is 0 Å². The van der Waals surface area contributed by atoms with Crippen LogP contribution in [0.2, 0.25) is 0 Å². The van der Waals surface area contributed by atoms with E-state index in [1.54, 1.807) is 0 Å². The van der Waals surface area contributed by atoms with Gasteiger partial charge in [-0.1, -0.05) is 0 Å². The second-order valence-corrected chi connectivity index (χ2v) is 2.43. The lowest BCUT2D eigenvalue weighted by atomic mass is 10.2. The Morgan fingerprint density at radius 3 is 2.64 bits per heavy atom. The maximum absolute atomic E-state index is 13.0. The number of halogens is 1. The summed E-state index contributed by atoms with van der Waals surface area (Å²) in [7, 11) is 1.15. The van der Waals surface area contributed by atoms with Crippen molar-refractivity contribution in [1.82, 2.24) is 0 Å². The standard InChI is InChI=1S/C8H7FNO4/c1-14-8(11)5-2-3-7(10(12)13)6(9)4-5/h2-4H,1H3,(H,12,13)/q+1. The molecular formula is C8H7FNO4+. The fourth-order valence-electron chi connectivity index (χ4n) is 0.907. The second kappa shape index (κ2) is 3.82. The van der Waals surface area contributed by atoms with Gasteiger partial charge in [-0.25, -0.2) is 10.0 Å². The van der Waals surface area contributed by atoms with Crippen LogP contribution < -0.4 is 0 Å². The highest BCUT2D eigenvalue weighted by atomic mass is 19.1. The van der Waals surface area contributed by atoms with E-state index in [1.807, 2.05) is 0 Å². The average Bonchev–Trinajstić information content (AvgIpc) is 2.15. The van der Waals surface area contributed by atoms with Crippen LogP contribution in [-0.2, 0) is 4.74 Å². The third-order valence-corrected chi connectivity index (χ3v) is 1.57. The van der Waals surface area contributed by atoms with Crippen LogP contribution >= 0.6 is 0 Å². The van der Waals surface area contributed by atoms with Gasteiger partial charge in [-0.2, -0.15) is 4.39 Å². The fraction of sp³-hybridized carbons (Fsp3) is 0.125. The van der Waals surface area contributed by atoms with Crippen molar-refractivity contribution in [3.05, 3.63) is 34.5 Å². The highest BCUT2D eigenvalue weighted by Gasteiger charge is 2.20. The van der Waals surface area contributed by atoms with Gasteiger partial charge in [0.2, 0.25) is 5.82 Å². The first-order valence-corrected chi connectivity index (χ1v) is 3.60. The van der Waals surface area contributed by atoms with Crippen LogP contribution in [0.3, 0.4) is 0 Å². The zero-order valence-electron chi connectivity index (χ0n) is 7.23. The monoisotopic (exact) mass is 200 g/mol. The third-order valence-electron chi connectivity index (χ3n) is 1.57. The molecule has 1 rings (SSSR count). The molecule has 14 heavy (non-hydrogen) atoms. The van der Waals surface area contributed by atoms with Gasteiger partial charge in [0.15, 0.2) is 0 Å². The van der Waals surface area contributed by atoms with E-state index in [1.165, 1.54) is 6.07 Å². The number of carbonyl (C=O) groups excluding carboxylic acids is 1. The number of rotatable bonds is 2. The Morgan fingerprint density at radius 2 is 2.21 bits per heavy atom. The van der Waals surface area contributed by atoms with E-state index in [0.717, 1.165) is 19.2 Å². The van der Waals surface area contributed by atoms with Gasteiger partial charge >= 0.3 is 11.7 Å². The van der Waals surface area contributed by atoms with E-state index in [2.05, 4.69) is 4.74 Å². The van der Waals surface area contributed by atoms with E-state index in [4.69, 9.17) is 5.21 Å². The number of carbonyl (C=O) groups is 1. The predicted molar refractivity (Wildman–Crippen MR) is 42.8 cm³/mol. The van der Waals surface area contributed by atoms with Gasteiger partial charge in [0.05, 0.1) is 17.6 Å². The van der Waals surface area contributed by atoms with Crippen LogP contribution in [0.5, 0.6) is 0 Å². The Hall–Kier alpha value is -1.98. The summed E-state index contributed by atoms with van der Waals surface area (Å²) in [5, 5.41) is 8.41. The molecule has 0 unspecified atom stereocenters. The third kappa shape index (κ3) is 1.85. The van der Waals surface area contributed by atoms with Gasteiger partial charge < -0.3 is 4.74 Å². The predicted octanol–water partition coefficient (Wildman–Crippen LogP) is 1.41. The SMILES string of the molecule is COC(=O)c1ccc([N+](=O)O)c(F)c1. The fourth-order valence-corrected chi connectivity index (χ4v) is 0.907. The lowest BCUT2D eigenvalue weighted by molar-refractivity contribution is -0.730. The van der Waals surface area contributed by atoms with Crippen molar-refractivity contribution in [1.29, 1.82) is 0 Å². The Balaban J connectivity index is 3.12. The van der Waals surface area contributed by atoms with Gasteiger partial charge in [0, 0.05) is 6.07 Å². The van der Waals surface area contributed by atoms with Crippen molar-refractivity contribution >= 4 is 11.7 Å². The van der Waals surface area contributed by atoms with Crippen LogP contribution in [0, 0.1) is 10.7 Å². The first-order valence-electron chi connectivity index (χ1n) is 3.60. The van der Waals surface area contributed by atoms with E-state index in [-0.39, 0.29) is 5.56 Å². The molecule has 5 nitrogen and oxygen atoms in total. The van der Waals surface area contributed by atoms with Crippen LogP contribution in [0.4, 0.5) is 10.1 Å². The molecule has 0 spiro atoms. The number of nitrogens with zero attached hydrogens (tertiary/aromatic N) is 1. The molecule has 0 fully saturated rings. The molecule has 0 heterocycles. The molecule has 0 radical (unpaired) electrons. The highest BCUT2D eigenvalue weighted by Crippen LogP contribution is 2.17. The normalized spacial score (nSPS) is 9.57. The number of esters is 1. The Kier molecular flexibility index (Phi) is 2.76. The number of hydrogen-bond donors (Lipinski definition) is 1. The van der Waals surface area contributed by atoms with E-state index >= 15 is 0 Å². The molecule has 6 heteroatoms. The molecule has 0 aliphatic rings. The van der Waals surface area contributed by atoms with E-state index in [0.29, 0.717) is 0 Å². The van der Waals surface area contributed by atoms with Crippen molar-refractivity contribution in [2.24, 2.45) is 0 Å². The highest BCUT2D eigenvalue weighted by molar-refractivity contribution is 5.89. The summed E-state index contributed by atoms with van der Waals surface area (Å²) < 4.78 is 17.3. The summed E-state index contributed by atoms with van der Waals surface area (Å²) in [4.78, 5) is 20.6. The minimum absolute atomic E-state index is 0.0319. The second-order valence-electron chi connectivity index (χ2n) is 2.43. The van der Waals surface area contributed by atoms with Gasteiger partial charge in [-0.3, -0.25) is 0 Å². The molecule has 0 atom stereocenters. The minimum Gasteiger partial charge on any atom is -0.465 e. The zero-order valence-corrected chi connectivity index (χ0v) is 7.23. The van der Waals surface area contributed by atoms with Crippen molar-refractivity contribution in [2.45, 2.75) is 0 Å². The lowest BCUT2D eigenvalue weighted by Gasteiger charge is -1.97. The molecule has 0 amide bonds. The average molecular weight is 200 g/mol. The maximum Gasteiger partial charge on any atom is 0.351 e. The Bertz CT molecular complexity index is 391. The summed E-state index contributed by atoms with van der Waals surface area (Å²) in [6.07, 6.45) is 0. The van der Waals surface area contributed by atoms with Crippen molar-refractivity contribution in [3.63, 3.8) is 0 Å². The van der Waals surface area contributed by atoms with Gasteiger partial charge in [0.25, 0.3) is 4.92 Å². The van der Waals surface area contributed by atoms with Crippen molar-refractivity contribution in [2.75, 3.05) is 7.11 Å². The molecule has 0 bridgehead atoms.